The van der Waals surface area contributed by atoms with Crippen molar-refractivity contribution in [3.8, 4) is 10.4 Å². The number of hydrogen-bond donors (Lipinski definition) is 0. The fourth-order valence-corrected chi connectivity index (χ4v) is 12.4. The maximum absolute atomic E-state index is 15.7. The van der Waals surface area contributed by atoms with Gasteiger partial charge in [-0.15, -0.1) is 22.7 Å². The van der Waals surface area contributed by atoms with Crippen molar-refractivity contribution in [2.45, 2.75) is 234 Å². The average molecular weight is 938 g/mol. The highest BCUT2D eigenvalue weighted by Gasteiger charge is 2.50. The van der Waals surface area contributed by atoms with Gasteiger partial charge < -0.3 is 9.80 Å². The predicted molar refractivity (Wildman–Crippen MR) is 289 cm³/mol. The van der Waals surface area contributed by atoms with Crippen LogP contribution in [0.3, 0.4) is 0 Å². The minimum atomic E-state index is -0.0310. The molecule has 3 aromatic rings. The van der Waals surface area contributed by atoms with Gasteiger partial charge in [-0.25, -0.2) is 0 Å². The standard InChI is InChI=1S/C60H92N2O2S2/c1-11-15-19-23-25-29-33-45(31-27-21-17-13-3)43-61-55(50-40-39-49(65-50)47-35-37-48(38-36-47)59(5,6)7)53-54(58(61)64)56(51-41-42-52(66-51)60(8,9)10)62(57(53)63)44-46(32-28-22-18-14-4)34-30-26-24-20-16-12-2/h35-42,45-46H,11-34,43-44H2,1-10H3. The van der Waals surface area contributed by atoms with Crippen LogP contribution in [0.15, 0.2) is 59.7 Å². The second-order valence-corrected chi connectivity index (χ2v) is 24.4. The summed E-state index contributed by atoms with van der Waals surface area (Å²) in [6, 6.07) is 17.9. The molecule has 66 heavy (non-hydrogen) atoms. The Morgan fingerprint density at radius 2 is 0.788 bits per heavy atom. The molecule has 2 aliphatic rings. The zero-order chi connectivity index (χ0) is 47.7. The number of fused-ring (bicyclic) bond motifs is 1. The van der Waals surface area contributed by atoms with Crippen LogP contribution in [-0.4, -0.2) is 34.7 Å². The number of carbonyl (C=O) groups is 2. The maximum Gasteiger partial charge on any atom is 0.261 e. The van der Waals surface area contributed by atoms with E-state index in [0.29, 0.717) is 36.1 Å². The topological polar surface area (TPSA) is 40.6 Å². The van der Waals surface area contributed by atoms with E-state index in [9.17, 15) is 0 Å². The zero-order valence-corrected chi connectivity index (χ0v) is 45.3. The molecule has 4 heterocycles. The highest BCUT2D eigenvalue weighted by molar-refractivity contribution is 7.16. The van der Waals surface area contributed by atoms with Crippen molar-refractivity contribution < 1.29 is 9.59 Å². The fourth-order valence-electron chi connectivity index (χ4n) is 10.2. The van der Waals surface area contributed by atoms with Crippen LogP contribution in [-0.2, 0) is 20.4 Å². The smallest absolute Gasteiger partial charge is 0.261 e. The van der Waals surface area contributed by atoms with Crippen molar-refractivity contribution in [2.24, 2.45) is 11.8 Å². The Hall–Kier alpha value is -2.96. The van der Waals surface area contributed by atoms with E-state index in [1.807, 2.05) is 0 Å². The summed E-state index contributed by atoms with van der Waals surface area (Å²) in [5.74, 6) is 0.874. The summed E-state index contributed by atoms with van der Waals surface area (Å²) in [6.07, 6.45) is 29.6. The second-order valence-electron chi connectivity index (χ2n) is 22.2. The highest BCUT2D eigenvalue weighted by Crippen LogP contribution is 2.51. The summed E-state index contributed by atoms with van der Waals surface area (Å²) in [7, 11) is 0. The first-order valence-corrected chi connectivity index (χ1v) is 28.8. The summed E-state index contributed by atoms with van der Waals surface area (Å²) in [5, 5.41) is 0. The number of thiophene rings is 2. The molecule has 0 radical (unpaired) electrons. The summed E-state index contributed by atoms with van der Waals surface area (Å²) < 4.78 is 0. The van der Waals surface area contributed by atoms with E-state index in [4.69, 9.17) is 0 Å². The third-order valence-electron chi connectivity index (χ3n) is 14.4. The molecule has 2 amide bonds. The van der Waals surface area contributed by atoms with E-state index in [-0.39, 0.29) is 22.6 Å². The van der Waals surface area contributed by atoms with Crippen LogP contribution in [0.4, 0.5) is 0 Å². The van der Waals surface area contributed by atoms with Gasteiger partial charge in [-0.3, -0.25) is 9.59 Å². The zero-order valence-electron chi connectivity index (χ0n) is 43.7. The number of benzene rings is 1. The molecule has 2 aliphatic heterocycles. The van der Waals surface area contributed by atoms with Crippen LogP contribution in [0.2, 0.25) is 0 Å². The van der Waals surface area contributed by atoms with Crippen LogP contribution in [0.5, 0.6) is 0 Å². The summed E-state index contributed by atoms with van der Waals surface area (Å²) in [4.78, 5) is 40.2. The molecule has 0 saturated heterocycles. The van der Waals surface area contributed by atoms with E-state index < -0.39 is 0 Å². The summed E-state index contributed by atoms with van der Waals surface area (Å²) >= 11 is 3.53. The third kappa shape index (κ3) is 15.0. The minimum Gasteiger partial charge on any atom is -0.306 e. The van der Waals surface area contributed by atoms with Gasteiger partial charge in [0, 0.05) is 22.8 Å². The lowest BCUT2D eigenvalue weighted by Gasteiger charge is -2.29. The van der Waals surface area contributed by atoms with E-state index in [2.05, 4.69) is 128 Å². The molecule has 366 valence electrons. The first-order chi connectivity index (χ1) is 31.7. The molecular weight excluding hydrogens is 845 g/mol. The molecule has 0 N–H and O–H groups in total. The average Bonchev–Trinajstić information content (AvgIpc) is 4.09. The summed E-state index contributed by atoms with van der Waals surface area (Å²) in [5.41, 5.74) is 5.62. The first kappa shape index (κ1) is 54.0. The van der Waals surface area contributed by atoms with Crippen molar-refractivity contribution in [1.82, 2.24) is 9.80 Å². The molecule has 2 unspecified atom stereocenters. The van der Waals surface area contributed by atoms with Gasteiger partial charge in [0.05, 0.1) is 32.3 Å². The summed E-state index contributed by atoms with van der Waals surface area (Å²) in [6.45, 7) is 24.1. The molecule has 0 bridgehead atoms. The molecule has 0 spiro atoms. The quantitative estimate of drug-likeness (QED) is 0.0603. The Labute approximate surface area is 412 Å². The molecule has 2 aromatic heterocycles. The molecule has 6 heteroatoms. The Kier molecular flexibility index (Phi) is 21.8. The lowest BCUT2D eigenvalue weighted by Crippen LogP contribution is -2.34. The fraction of sp³-hybridized carbons (Fsp3) is 0.667. The van der Waals surface area contributed by atoms with Crippen molar-refractivity contribution in [1.29, 1.82) is 0 Å². The number of carbonyl (C=O) groups excluding carboxylic acids is 2. The monoisotopic (exact) mass is 937 g/mol. The Morgan fingerprint density at radius 3 is 1.18 bits per heavy atom. The maximum atomic E-state index is 15.7. The molecule has 4 nitrogen and oxygen atoms in total. The molecule has 0 saturated carbocycles. The van der Waals surface area contributed by atoms with E-state index >= 15 is 9.59 Å². The first-order valence-electron chi connectivity index (χ1n) is 27.2. The Bertz CT molecular complexity index is 2000. The highest BCUT2D eigenvalue weighted by atomic mass is 32.1. The van der Waals surface area contributed by atoms with Gasteiger partial charge in [0.25, 0.3) is 11.8 Å². The molecule has 2 atom stereocenters. The van der Waals surface area contributed by atoms with Crippen molar-refractivity contribution >= 4 is 45.9 Å². The number of hydrogen-bond acceptors (Lipinski definition) is 4. The van der Waals surface area contributed by atoms with Crippen LogP contribution in [0, 0.1) is 11.8 Å². The molecule has 0 fully saturated rings. The predicted octanol–water partition coefficient (Wildman–Crippen LogP) is 18.6. The molecular formula is C60H92N2O2S2. The van der Waals surface area contributed by atoms with Crippen LogP contribution >= 0.6 is 22.7 Å². The SMILES string of the molecule is CCCCCCCCC(CCCCCC)CN1C(=O)C2=C(c3ccc(C(C)(C)C)s3)N(CC(CCCCCC)CCCCCCCC)C(=O)C2=C1c1ccc(-c2ccc(C(C)(C)C)cc2)s1. The third-order valence-corrected chi connectivity index (χ3v) is 17.0. The molecule has 1 aromatic carbocycles. The van der Waals surface area contributed by atoms with Gasteiger partial charge >= 0.3 is 0 Å². The van der Waals surface area contributed by atoms with Gasteiger partial charge in [-0.05, 0) is 83.7 Å². The van der Waals surface area contributed by atoms with Gasteiger partial charge in [-0.2, -0.15) is 0 Å². The van der Waals surface area contributed by atoms with Crippen molar-refractivity contribution in [3.05, 3.63) is 79.9 Å². The Morgan fingerprint density at radius 1 is 0.424 bits per heavy atom. The number of amides is 2. The Balaban J connectivity index is 1.61. The molecule has 5 rings (SSSR count). The second kappa shape index (κ2) is 26.7. The van der Waals surface area contributed by atoms with E-state index in [1.165, 1.54) is 149 Å². The van der Waals surface area contributed by atoms with Gasteiger partial charge in [-0.1, -0.05) is 222 Å². The van der Waals surface area contributed by atoms with Crippen molar-refractivity contribution in [3.63, 3.8) is 0 Å². The largest absolute Gasteiger partial charge is 0.306 e. The lowest BCUT2D eigenvalue weighted by molar-refractivity contribution is -0.124. The lowest BCUT2D eigenvalue weighted by atomic mass is 9.86. The number of unbranched alkanes of at least 4 members (excludes halogenated alkanes) is 16. The number of nitrogens with zero attached hydrogens (tertiary/aromatic N) is 2. The van der Waals surface area contributed by atoms with E-state index in [1.54, 1.807) is 22.7 Å². The van der Waals surface area contributed by atoms with Crippen molar-refractivity contribution in [2.75, 3.05) is 13.1 Å². The molecule has 0 aliphatic carbocycles. The number of rotatable bonds is 31. The van der Waals surface area contributed by atoms with Gasteiger partial charge in [0.15, 0.2) is 0 Å². The van der Waals surface area contributed by atoms with Crippen LogP contribution in [0.25, 0.3) is 21.8 Å². The van der Waals surface area contributed by atoms with E-state index in [0.717, 1.165) is 46.8 Å². The van der Waals surface area contributed by atoms with Gasteiger partial charge in [0.1, 0.15) is 0 Å². The van der Waals surface area contributed by atoms with Gasteiger partial charge in [0.2, 0.25) is 0 Å². The van der Waals surface area contributed by atoms with Crippen LogP contribution < -0.4 is 0 Å². The normalized spacial score (nSPS) is 15.5. The van der Waals surface area contributed by atoms with Crippen LogP contribution in [0.1, 0.15) is 244 Å². The minimum absolute atomic E-state index is 0.0310.